The summed E-state index contributed by atoms with van der Waals surface area (Å²) in [6.07, 6.45) is 6.43. The Hall–Kier alpha value is -0.660. The Kier molecular flexibility index (Phi) is 5.77. The fourth-order valence-corrected chi connectivity index (χ4v) is 1.70. The highest BCUT2D eigenvalue weighted by atomic mass is 16.1. The summed E-state index contributed by atoms with van der Waals surface area (Å²) in [5.41, 5.74) is 0.220. The zero-order valence-corrected chi connectivity index (χ0v) is 10.5. The Bertz CT molecular complexity index is 183. The van der Waals surface area contributed by atoms with Crippen molar-refractivity contribution in [1.29, 1.82) is 0 Å². The maximum atomic E-state index is 10.4. The molecule has 0 aromatic heterocycles. The van der Waals surface area contributed by atoms with E-state index < -0.39 is 0 Å². The summed E-state index contributed by atoms with van der Waals surface area (Å²) in [7, 11) is 0. The summed E-state index contributed by atoms with van der Waals surface area (Å²) in [6, 6.07) is 0. The lowest BCUT2D eigenvalue weighted by atomic mass is 9.79. The number of carbonyl (C=O) groups excluding carboxylic acids is 2. The minimum absolute atomic E-state index is 0.110. The maximum absolute atomic E-state index is 10.4. The van der Waals surface area contributed by atoms with Crippen molar-refractivity contribution in [3.63, 3.8) is 0 Å². The number of hydrogen-bond acceptors (Lipinski definition) is 2. The van der Waals surface area contributed by atoms with Crippen LogP contribution in [0.15, 0.2) is 0 Å². The molecule has 0 radical (unpaired) electrons. The van der Waals surface area contributed by atoms with Crippen LogP contribution in [0, 0.1) is 10.8 Å². The van der Waals surface area contributed by atoms with Crippen LogP contribution >= 0.6 is 0 Å². The summed E-state index contributed by atoms with van der Waals surface area (Å²) in [4.78, 5) is 20.9. The van der Waals surface area contributed by atoms with Crippen molar-refractivity contribution in [2.45, 2.75) is 59.8 Å². The second kappa shape index (κ2) is 6.04. The standard InChI is InChI=1S/C13H24O2/c1-12(2,8-10-14)6-5-7-13(3,4)9-11-15/h10-11H,5-9H2,1-4H3. The van der Waals surface area contributed by atoms with Crippen molar-refractivity contribution in [1.82, 2.24) is 0 Å². The van der Waals surface area contributed by atoms with Gasteiger partial charge in [0.15, 0.2) is 0 Å². The number of hydrogen-bond donors (Lipinski definition) is 0. The van der Waals surface area contributed by atoms with Gasteiger partial charge in [-0.15, -0.1) is 0 Å². The normalized spacial score (nSPS) is 12.5. The van der Waals surface area contributed by atoms with Crippen molar-refractivity contribution in [2.75, 3.05) is 0 Å². The zero-order valence-electron chi connectivity index (χ0n) is 10.5. The monoisotopic (exact) mass is 212 g/mol. The Balaban J connectivity index is 3.87. The quantitative estimate of drug-likeness (QED) is 0.578. The molecular weight excluding hydrogens is 188 g/mol. The molecule has 2 nitrogen and oxygen atoms in total. The molecule has 0 saturated heterocycles. The van der Waals surface area contributed by atoms with Gasteiger partial charge < -0.3 is 9.59 Å². The van der Waals surface area contributed by atoms with Gasteiger partial charge in [0.2, 0.25) is 0 Å². The summed E-state index contributed by atoms with van der Waals surface area (Å²) >= 11 is 0. The number of rotatable bonds is 8. The van der Waals surface area contributed by atoms with E-state index in [1.807, 2.05) is 0 Å². The molecule has 0 heterocycles. The van der Waals surface area contributed by atoms with Gasteiger partial charge in [0.25, 0.3) is 0 Å². The Morgan fingerprint density at radius 1 is 0.800 bits per heavy atom. The van der Waals surface area contributed by atoms with Crippen molar-refractivity contribution in [3.8, 4) is 0 Å². The van der Waals surface area contributed by atoms with Gasteiger partial charge in [0, 0.05) is 12.8 Å². The molecule has 0 aliphatic rings. The summed E-state index contributed by atoms with van der Waals surface area (Å²) in [5, 5.41) is 0. The van der Waals surface area contributed by atoms with Crippen LogP contribution in [0.5, 0.6) is 0 Å². The van der Waals surface area contributed by atoms with Crippen LogP contribution in [0.3, 0.4) is 0 Å². The molecule has 0 fully saturated rings. The molecule has 0 spiro atoms. The van der Waals surface area contributed by atoms with Gasteiger partial charge >= 0.3 is 0 Å². The molecule has 0 saturated carbocycles. The average molecular weight is 212 g/mol. The molecule has 0 aromatic rings. The molecule has 0 atom stereocenters. The summed E-state index contributed by atoms with van der Waals surface area (Å²) in [6.45, 7) is 8.48. The molecular formula is C13H24O2. The van der Waals surface area contributed by atoms with Crippen LogP contribution in [0.25, 0.3) is 0 Å². The van der Waals surface area contributed by atoms with Gasteiger partial charge in [-0.2, -0.15) is 0 Å². The maximum Gasteiger partial charge on any atom is 0.120 e. The van der Waals surface area contributed by atoms with Gasteiger partial charge in [0.05, 0.1) is 0 Å². The molecule has 88 valence electrons. The molecule has 2 heteroatoms. The predicted molar refractivity (Wildman–Crippen MR) is 62.8 cm³/mol. The molecule has 0 bridgehead atoms. The van der Waals surface area contributed by atoms with E-state index in [1.165, 1.54) is 0 Å². The molecule has 15 heavy (non-hydrogen) atoms. The van der Waals surface area contributed by atoms with Gasteiger partial charge in [-0.1, -0.05) is 34.1 Å². The zero-order chi connectivity index (χ0) is 11.9. The minimum Gasteiger partial charge on any atom is -0.303 e. The first kappa shape index (κ1) is 14.3. The van der Waals surface area contributed by atoms with Crippen LogP contribution in [0.1, 0.15) is 59.8 Å². The highest BCUT2D eigenvalue weighted by Crippen LogP contribution is 2.32. The molecule has 0 unspecified atom stereocenters. The lowest BCUT2D eigenvalue weighted by Crippen LogP contribution is -2.16. The van der Waals surface area contributed by atoms with Gasteiger partial charge in [0.1, 0.15) is 12.6 Å². The SMILES string of the molecule is CC(C)(CC=O)CCCC(C)(C)CC=O. The smallest absolute Gasteiger partial charge is 0.120 e. The Morgan fingerprint density at radius 3 is 1.40 bits per heavy atom. The largest absolute Gasteiger partial charge is 0.303 e. The second-order valence-corrected chi connectivity index (χ2v) is 5.92. The van der Waals surface area contributed by atoms with E-state index in [4.69, 9.17) is 0 Å². The predicted octanol–water partition coefficient (Wildman–Crippen LogP) is 3.39. The highest BCUT2D eigenvalue weighted by molar-refractivity contribution is 5.50. The molecule has 0 amide bonds. The van der Waals surface area contributed by atoms with Gasteiger partial charge in [-0.25, -0.2) is 0 Å². The molecule has 0 aliphatic heterocycles. The lowest BCUT2D eigenvalue weighted by molar-refractivity contribution is -0.110. The lowest BCUT2D eigenvalue weighted by Gasteiger charge is -2.26. The van der Waals surface area contributed by atoms with Crippen molar-refractivity contribution >= 4 is 12.6 Å². The average Bonchev–Trinajstić information content (AvgIpc) is 2.02. The van der Waals surface area contributed by atoms with E-state index in [9.17, 15) is 9.59 Å². The van der Waals surface area contributed by atoms with Crippen LogP contribution in [-0.2, 0) is 9.59 Å². The van der Waals surface area contributed by atoms with E-state index in [-0.39, 0.29) is 10.8 Å². The van der Waals surface area contributed by atoms with E-state index in [1.54, 1.807) is 0 Å². The van der Waals surface area contributed by atoms with Gasteiger partial charge in [-0.05, 0) is 23.7 Å². The topological polar surface area (TPSA) is 34.1 Å². The number of carbonyl (C=O) groups is 2. The first-order valence-electron chi connectivity index (χ1n) is 5.70. The van der Waals surface area contributed by atoms with E-state index in [0.29, 0.717) is 12.8 Å². The highest BCUT2D eigenvalue weighted by Gasteiger charge is 2.21. The first-order valence-corrected chi connectivity index (χ1v) is 5.70. The van der Waals surface area contributed by atoms with Crippen LogP contribution < -0.4 is 0 Å². The van der Waals surface area contributed by atoms with Crippen molar-refractivity contribution in [2.24, 2.45) is 10.8 Å². The van der Waals surface area contributed by atoms with Crippen molar-refractivity contribution in [3.05, 3.63) is 0 Å². The second-order valence-electron chi connectivity index (χ2n) is 5.92. The first-order chi connectivity index (χ1) is 6.83. The minimum atomic E-state index is 0.110. The molecule has 0 N–H and O–H groups in total. The fraction of sp³-hybridized carbons (Fsp3) is 0.846. The van der Waals surface area contributed by atoms with E-state index >= 15 is 0 Å². The molecule has 0 rings (SSSR count). The third-order valence-electron chi connectivity index (χ3n) is 2.98. The van der Waals surface area contributed by atoms with Crippen molar-refractivity contribution < 1.29 is 9.59 Å². The molecule has 0 aliphatic carbocycles. The Labute approximate surface area is 93.4 Å². The Morgan fingerprint density at radius 2 is 1.13 bits per heavy atom. The van der Waals surface area contributed by atoms with Crippen LogP contribution in [0.4, 0.5) is 0 Å². The number of aldehydes is 2. The summed E-state index contributed by atoms with van der Waals surface area (Å²) < 4.78 is 0. The third kappa shape index (κ3) is 7.29. The van der Waals surface area contributed by atoms with Crippen LogP contribution in [-0.4, -0.2) is 12.6 Å². The molecule has 0 aromatic carbocycles. The van der Waals surface area contributed by atoms with E-state index in [2.05, 4.69) is 27.7 Å². The van der Waals surface area contributed by atoms with E-state index in [0.717, 1.165) is 31.8 Å². The summed E-state index contributed by atoms with van der Waals surface area (Å²) in [5.74, 6) is 0. The fourth-order valence-electron chi connectivity index (χ4n) is 1.70. The van der Waals surface area contributed by atoms with Crippen LogP contribution in [0.2, 0.25) is 0 Å². The van der Waals surface area contributed by atoms with Gasteiger partial charge in [-0.3, -0.25) is 0 Å². The third-order valence-corrected chi connectivity index (χ3v) is 2.98.